The van der Waals surface area contributed by atoms with E-state index in [0.717, 1.165) is 60.8 Å². The molecular formula is C25H27FN4O. The van der Waals surface area contributed by atoms with Gasteiger partial charge in [0.05, 0.1) is 11.7 Å². The van der Waals surface area contributed by atoms with Gasteiger partial charge in [-0.2, -0.15) is 0 Å². The van der Waals surface area contributed by atoms with E-state index in [0.29, 0.717) is 6.42 Å². The molecule has 1 fully saturated rings. The van der Waals surface area contributed by atoms with Crippen LogP contribution in [0.25, 0.3) is 0 Å². The van der Waals surface area contributed by atoms with Crippen molar-refractivity contribution in [2.24, 2.45) is 0 Å². The lowest BCUT2D eigenvalue weighted by atomic mass is 10.1. The van der Waals surface area contributed by atoms with Crippen LogP contribution in [0.4, 0.5) is 16.0 Å². The molecule has 1 N–H and O–H groups in total. The largest absolute Gasteiger partial charge is 0.334 e. The highest BCUT2D eigenvalue weighted by Crippen LogP contribution is 2.32. The zero-order chi connectivity index (χ0) is 21.6. The van der Waals surface area contributed by atoms with Gasteiger partial charge in [-0.25, -0.2) is 14.4 Å². The first-order chi connectivity index (χ1) is 15.1. The maximum absolute atomic E-state index is 13.0. The molecule has 1 amide bonds. The maximum atomic E-state index is 13.0. The van der Waals surface area contributed by atoms with E-state index < -0.39 is 0 Å². The number of hydrogen-bond acceptors (Lipinski definition) is 4. The van der Waals surface area contributed by atoms with Gasteiger partial charge in [0.2, 0.25) is 5.91 Å². The number of aromatic nitrogens is 2. The van der Waals surface area contributed by atoms with Crippen LogP contribution in [0.5, 0.6) is 0 Å². The zero-order valence-corrected chi connectivity index (χ0v) is 17.7. The lowest BCUT2D eigenvalue weighted by Gasteiger charge is -2.25. The number of halogens is 1. The molecule has 0 unspecified atom stereocenters. The summed E-state index contributed by atoms with van der Waals surface area (Å²) in [5.41, 5.74) is 2.90. The van der Waals surface area contributed by atoms with E-state index in [9.17, 15) is 9.18 Å². The molecule has 160 valence electrons. The fraction of sp³-hybridized carbons (Fsp3) is 0.320. The van der Waals surface area contributed by atoms with Crippen LogP contribution in [0, 0.1) is 12.7 Å². The molecule has 4 rings (SSSR count). The van der Waals surface area contributed by atoms with Crippen LogP contribution >= 0.6 is 0 Å². The second-order valence-electron chi connectivity index (χ2n) is 7.96. The van der Waals surface area contributed by atoms with Crippen molar-refractivity contribution >= 4 is 17.5 Å². The third-order valence-corrected chi connectivity index (χ3v) is 5.60. The zero-order valence-electron chi connectivity index (χ0n) is 17.7. The number of hydrogen-bond donors (Lipinski definition) is 1. The third-order valence-electron chi connectivity index (χ3n) is 5.60. The summed E-state index contributed by atoms with van der Waals surface area (Å²) in [5.74, 6) is 1.41. The van der Waals surface area contributed by atoms with E-state index in [1.807, 2.05) is 48.2 Å². The minimum atomic E-state index is -0.234. The number of likely N-dealkylation sites (tertiary alicyclic amines) is 1. The van der Waals surface area contributed by atoms with E-state index in [1.54, 1.807) is 12.1 Å². The van der Waals surface area contributed by atoms with E-state index in [2.05, 4.69) is 10.3 Å². The first-order valence-corrected chi connectivity index (χ1v) is 10.8. The summed E-state index contributed by atoms with van der Waals surface area (Å²) in [4.78, 5) is 24.1. The van der Waals surface area contributed by atoms with E-state index in [1.165, 1.54) is 12.1 Å². The molecular weight excluding hydrogens is 391 g/mol. The van der Waals surface area contributed by atoms with Gasteiger partial charge in [-0.15, -0.1) is 0 Å². The number of rotatable bonds is 7. The highest BCUT2D eigenvalue weighted by Gasteiger charge is 2.30. The summed E-state index contributed by atoms with van der Waals surface area (Å²) < 4.78 is 13.0. The maximum Gasteiger partial charge on any atom is 0.223 e. The van der Waals surface area contributed by atoms with Gasteiger partial charge in [-0.05, 0) is 74.6 Å². The molecule has 1 atom stereocenters. The number of anilines is 2. The van der Waals surface area contributed by atoms with Crippen LogP contribution in [0.2, 0.25) is 0 Å². The van der Waals surface area contributed by atoms with Gasteiger partial charge >= 0.3 is 0 Å². The number of benzene rings is 1. The Kier molecular flexibility index (Phi) is 6.55. The lowest BCUT2D eigenvalue weighted by molar-refractivity contribution is -0.132. The molecule has 2 aromatic heterocycles. The van der Waals surface area contributed by atoms with Crippen molar-refractivity contribution in [3.8, 4) is 0 Å². The van der Waals surface area contributed by atoms with E-state index in [4.69, 9.17) is 4.98 Å². The van der Waals surface area contributed by atoms with Gasteiger partial charge in [0, 0.05) is 18.7 Å². The Labute approximate surface area is 182 Å². The van der Waals surface area contributed by atoms with Crippen LogP contribution < -0.4 is 5.32 Å². The summed E-state index contributed by atoms with van der Waals surface area (Å²) in [6.07, 6.45) is 3.91. The number of nitrogens with one attached hydrogen (secondary N) is 1. The summed E-state index contributed by atoms with van der Waals surface area (Å²) >= 11 is 0. The van der Waals surface area contributed by atoms with Crippen molar-refractivity contribution in [1.29, 1.82) is 0 Å². The second-order valence-corrected chi connectivity index (χ2v) is 7.96. The van der Waals surface area contributed by atoms with Crippen molar-refractivity contribution in [2.75, 3.05) is 11.9 Å². The lowest BCUT2D eigenvalue weighted by Crippen LogP contribution is -2.30. The number of amides is 1. The Morgan fingerprint density at radius 2 is 1.81 bits per heavy atom. The van der Waals surface area contributed by atoms with Gasteiger partial charge in [0.1, 0.15) is 17.5 Å². The topological polar surface area (TPSA) is 58.1 Å². The monoisotopic (exact) mass is 418 g/mol. The number of carbonyl (C=O) groups is 1. The number of carbonyl (C=O) groups excluding carboxylic acids is 1. The van der Waals surface area contributed by atoms with E-state index >= 15 is 0 Å². The average Bonchev–Trinajstić information content (AvgIpc) is 3.25. The summed E-state index contributed by atoms with van der Waals surface area (Å²) in [6, 6.07) is 18.2. The molecule has 1 aliphatic rings. The molecule has 0 spiro atoms. The number of pyridine rings is 2. The highest BCUT2D eigenvalue weighted by atomic mass is 19.1. The smallest absolute Gasteiger partial charge is 0.223 e. The standard InChI is InChI=1S/C25H27FN4O/c1-18-6-2-10-23(27-18)29-24-11-4-8-21(28-24)22-9-5-17-30(22)25(31)12-3-7-19-13-15-20(26)16-14-19/h2,4,6,8,10-11,13-16,22H,3,5,7,9,12,17H2,1H3,(H,27,28,29)/t22-/m0/s1. The molecule has 0 saturated carbocycles. The summed E-state index contributed by atoms with van der Waals surface area (Å²) in [6.45, 7) is 2.71. The minimum Gasteiger partial charge on any atom is -0.334 e. The predicted octanol–water partition coefficient (Wildman–Crippen LogP) is 5.35. The molecule has 0 bridgehead atoms. The SMILES string of the molecule is Cc1cccc(Nc2cccc([C@@H]3CCCN3C(=O)CCCc3ccc(F)cc3)n2)n1. The van der Waals surface area contributed by atoms with Gasteiger partial charge in [0.25, 0.3) is 0 Å². The Morgan fingerprint density at radius 1 is 1.06 bits per heavy atom. The second kappa shape index (κ2) is 9.69. The summed E-state index contributed by atoms with van der Waals surface area (Å²) in [7, 11) is 0. The fourth-order valence-electron chi connectivity index (χ4n) is 4.06. The number of nitrogens with zero attached hydrogens (tertiary/aromatic N) is 3. The Hall–Kier alpha value is -3.28. The van der Waals surface area contributed by atoms with E-state index in [-0.39, 0.29) is 17.8 Å². The molecule has 1 aliphatic heterocycles. The van der Waals surface area contributed by atoms with Crippen molar-refractivity contribution in [1.82, 2.24) is 14.9 Å². The Balaban J connectivity index is 1.38. The van der Waals surface area contributed by atoms with Crippen LogP contribution in [-0.4, -0.2) is 27.3 Å². The fourth-order valence-corrected chi connectivity index (χ4v) is 4.06. The molecule has 6 heteroatoms. The normalized spacial score (nSPS) is 15.8. The molecule has 1 aromatic carbocycles. The molecule has 31 heavy (non-hydrogen) atoms. The van der Waals surface area contributed by atoms with Gasteiger partial charge in [-0.3, -0.25) is 4.79 Å². The first-order valence-electron chi connectivity index (χ1n) is 10.8. The predicted molar refractivity (Wildman–Crippen MR) is 120 cm³/mol. The van der Waals surface area contributed by atoms with Crippen LogP contribution in [0.1, 0.15) is 48.7 Å². The van der Waals surface area contributed by atoms with Crippen molar-refractivity contribution < 1.29 is 9.18 Å². The Bertz CT molecular complexity index is 1040. The highest BCUT2D eigenvalue weighted by molar-refractivity contribution is 5.77. The average molecular weight is 419 g/mol. The quantitative estimate of drug-likeness (QED) is 0.562. The van der Waals surface area contributed by atoms with Crippen molar-refractivity contribution in [3.05, 3.63) is 83.4 Å². The molecule has 1 saturated heterocycles. The first kappa shape index (κ1) is 21.0. The van der Waals surface area contributed by atoms with Crippen LogP contribution in [0.15, 0.2) is 60.7 Å². The molecule has 3 heterocycles. The molecule has 5 nitrogen and oxygen atoms in total. The Morgan fingerprint density at radius 3 is 2.58 bits per heavy atom. The minimum absolute atomic E-state index is 0.00513. The molecule has 0 aliphatic carbocycles. The molecule has 3 aromatic rings. The summed E-state index contributed by atoms with van der Waals surface area (Å²) in [5, 5.41) is 3.26. The van der Waals surface area contributed by atoms with Crippen LogP contribution in [0.3, 0.4) is 0 Å². The molecule has 0 radical (unpaired) electrons. The third kappa shape index (κ3) is 5.45. The van der Waals surface area contributed by atoms with Gasteiger partial charge in [-0.1, -0.05) is 24.3 Å². The van der Waals surface area contributed by atoms with Crippen LogP contribution in [-0.2, 0) is 11.2 Å². The van der Waals surface area contributed by atoms with Gasteiger partial charge < -0.3 is 10.2 Å². The van der Waals surface area contributed by atoms with Gasteiger partial charge in [0.15, 0.2) is 0 Å². The van der Waals surface area contributed by atoms with Crippen molar-refractivity contribution in [2.45, 2.75) is 45.1 Å². The van der Waals surface area contributed by atoms with Crippen molar-refractivity contribution in [3.63, 3.8) is 0 Å². The number of aryl methyl sites for hydroxylation is 2.